The Labute approximate surface area is 231 Å². The highest BCUT2D eigenvalue weighted by Crippen LogP contribution is 2.30. The third kappa shape index (κ3) is 7.70. The molecule has 0 unspecified atom stereocenters. The minimum Gasteiger partial charge on any atom is -0.489 e. The first-order chi connectivity index (χ1) is 18.2. The highest BCUT2D eigenvalue weighted by Gasteiger charge is 2.23. The number of hydrogen-bond donors (Lipinski definition) is 2. The molecule has 3 rings (SSSR count). The van der Waals surface area contributed by atoms with Gasteiger partial charge in [-0.2, -0.15) is 5.26 Å². The van der Waals surface area contributed by atoms with Gasteiger partial charge in [-0.1, -0.05) is 67.9 Å². The van der Waals surface area contributed by atoms with Gasteiger partial charge in [0.25, 0.3) is 5.91 Å². The van der Waals surface area contributed by atoms with Gasteiger partial charge in [-0.3, -0.25) is 4.79 Å². The van der Waals surface area contributed by atoms with E-state index in [1.54, 1.807) is 17.0 Å². The first-order valence-electron chi connectivity index (χ1n) is 13.2. The molecule has 6 nitrogen and oxygen atoms in total. The van der Waals surface area contributed by atoms with Crippen LogP contribution in [0.1, 0.15) is 62.0 Å². The Morgan fingerprint density at radius 1 is 1.11 bits per heavy atom. The minimum atomic E-state index is -0.804. The summed E-state index contributed by atoms with van der Waals surface area (Å²) in [5, 5.41) is 26.2. The molecular formula is C31H38ClN3O3. The number of halogens is 1. The maximum absolute atomic E-state index is 13.0. The van der Waals surface area contributed by atoms with Crippen molar-refractivity contribution in [3.8, 4) is 11.8 Å². The molecule has 0 aromatic heterocycles. The number of ether oxygens (including phenoxy) is 1. The second kappa shape index (κ2) is 13.6. The predicted octanol–water partition coefficient (Wildman–Crippen LogP) is 5.98. The number of fused-ring (bicyclic) bond motifs is 1. The summed E-state index contributed by atoms with van der Waals surface area (Å²) in [5.74, 6) is 0.0562. The number of hydrogen-bond acceptors (Lipinski definition) is 5. The monoisotopic (exact) mass is 535 g/mol. The topological polar surface area (TPSA) is 85.6 Å². The Morgan fingerprint density at radius 3 is 2.45 bits per heavy atom. The van der Waals surface area contributed by atoms with Crippen LogP contribution >= 0.6 is 11.6 Å². The molecule has 0 saturated carbocycles. The van der Waals surface area contributed by atoms with E-state index in [0.717, 1.165) is 19.3 Å². The molecule has 0 aliphatic carbocycles. The van der Waals surface area contributed by atoms with Crippen molar-refractivity contribution in [3.05, 3.63) is 76.3 Å². The van der Waals surface area contributed by atoms with Crippen LogP contribution in [0.25, 0.3) is 10.8 Å². The number of nitriles is 1. The largest absolute Gasteiger partial charge is 0.489 e. The van der Waals surface area contributed by atoms with Gasteiger partial charge < -0.3 is 20.1 Å². The third-order valence-electron chi connectivity index (χ3n) is 6.43. The number of carbonyl (C=O) groups excluding carboxylic acids is 1. The lowest BCUT2D eigenvalue weighted by Gasteiger charge is -2.28. The van der Waals surface area contributed by atoms with Gasteiger partial charge in [-0.25, -0.2) is 0 Å². The summed E-state index contributed by atoms with van der Waals surface area (Å²) in [4.78, 5) is 14.8. The molecule has 0 saturated heterocycles. The van der Waals surface area contributed by atoms with Gasteiger partial charge in [0.15, 0.2) is 0 Å². The molecule has 202 valence electrons. The SMILES string of the molecule is CCCN(CCC)C(=O)c1ccc(OC[C@H](O)CNC(C)(C)Cc2ccc3ccccc3c2)c(C#N)c1Cl. The summed E-state index contributed by atoms with van der Waals surface area (Å²) < 4.78 is 5.77. The number of rotatable bonds is 13. The number of carbonyl (C=O) groups is 1. The van der Waals surface area contributed by atoms with Crippen molar-refractivity contribution in [1.29, 1.82) is 5.26 Å². The van der Waals surface area contributed by atoms with Gasteiger partial charge in [0.1, 0.15) is 30.1 Å². The lowest BCUT2D eigenvalue weighted by atomic mass is 9.93. The number of benzene rings is 3. The van der Waals surface area contributed by atoms with Crippen LogP contribution in [0.3, 0.4) is 0 Å². The van der Waals surface area contributed by atoms with E-state index in [0.29, 0.717) is 19.6 Å². The summed E-state index contributed by atoms with van der Waals surface area (Å²) in [7, 11) is 0. The van der Waals surface area contributed by atoms with Gasteiger partial charge >= 0.3 is 0 Å². The van der Waals surface area contributed by atoms with Gasteiger partial charge in [-0.15, -0.1) is 0 Å². The van der Waals surface area contributed by atoms with Crippen molar-refractivity contribution < 1.29 is 14.6 Å². The second-order valence-corrected chi connectivity index (χ2v) is 10.7. The average molecular weight is 536 g/mol. The van der Waals surface area contributed by atoms with Crippen molar-refractivity contribution in [2.24, 2.45) is 0 Å². The van der Waals surface area contributed by atoms with Crippen molar-refractivity contribution >= 4 is 28.3 Å². The molecule has 7 heteroatoms. The van der Waals surface area contributed by atoms with Gasteiger partial charge in [-0.05, 0) is 61.6 Å². The summed E-state index contributed by atoms with van der Waals surface area (Å²) in [6, 6.07) is 20.0. The quantitative estimate of drug-likeness (QED) is 0.281. The summed E-state index contributed by atoms with van der Waals surface area (Å²) in [6.07, 6.45) is 1.66. The summed E-state index contributed by atoms with van der Waals surface area (Å²) in [6.45, 7) is 9.77. The molecule has 0 radical (unpaired) electrons. The predicted molar refractivity (Wildman–Crippen MR) is 154 cm³/mol. The van der Waals surface area contributed by atoms with E-state index in [4.69, 9.17) is 16.3 Å². The number of aliphatic hydroxyl groups excluding tert-OH is 1. The second-order valence-electron chi connectivity index (χ2n) is 10.3. The maximum Gasteiger partial charge on any atom is 0.255 e. The lowest BCUT2D eigenvalue weighted by Crippen LogP contribution is -2.46. The Bertz CT molecular complexity index is 1280. The van der Waals surface area contributed by atoms with Crippen molar-refractivity contribution in [1.82, 2.24) is 10.2 Å². The molecule has 0 heterocycles. The molecule has 0 bridgehead atoms. The van der Waals surface area contributed by atoms with Crippen molar-refractivity contribution in [2.45, 2.75) is 58.6 Å². The van der Waals surface area contributed by atoms with Crippen LogP contribution < -0.4 is 10.1 Å². The van der Waals surface area contributed by atoms with Crippen LogP contribution in [-0.2, 0) is 6.42 Å². The van der Waals surface area contributed by atoms with Crippen molar-refractivity contribution in [3.63, 3.8) is 0 Å². The van der Waals surface area contributed by atoms with Crippen LogP contribution in [0, 0.1) is 11.3 Å². The number of amides is 1. The van der Waals surface area contributed by atoms with Crippen LogP contribution in [0.4, 0.5) is 0 Å². The van der Waals surface area contributed by atoms with E-state index < -0.39 is 6.10 Å². The van der Waals surface area contributed by atoms with E-state index in [2.05, 4.69) is 55.6 Å². The fraction of sp³-hybridized carbons (Fsp3) is 0.419. The Morgan fingerprint density at radius 2 is 1.79 bits per heavy atom. The Balaban J connectivity index is 1.59. The maximum atomic E-state index is 13.0. The van der Waals surface area contributed by atoms with E-state index in [-0.39, 0.29) is 40.0 Å². The van der Waals surface area contributed by atoms with Crippen LogP contribution in [-0.4, -0.2) is 53.8 Å². The Kier molecular flexibility index (Phi) is 10.6. The highest BCUT2D eigenvalue weighted by molar-refractivity contribution is 6.35. The van der Waals surface area contributed by atoms with E-state index in [9.17, 15) is 15.2 Å². The molecule has 0 aliphatic heterocycles. The normalized spacial score (nSPS) is 12.2. The number of nitrogens with one attached hydrogen (secondary N) is 1. The van der Waals surface area contributed by atoms with E-state index in [1.807, 2.05) is 26.0 Å². The zero-order chi connectivity index (χ0) is 27.7. The zero-order valence-electron chi connectivity index (χ0n) is 22.8. The summed E-state index contributed by atoms with van der Waals surface area (Å²) in [5.41, 5.74) is 1.35. The first-order valence-corrected chi connectivity index (χ1v) is 13.6. The first kappa shape index (κ1) is 29.4. The Hall–Kier alpha value is -3.11. The smallest absolute Gasteiger partial charge is 0.255 e. The minimum absolute atomic E-state index is 0.0187. The standard InChI is InChI=1S/C31H38ClN3O3/c1-5-15-35(16-6-2)30(37)26-13-14-28(27(19-33)29(26)32)38-21-25(36)20-34-31(3,4)18-22-11-12-23-9-7-8-10-24(23)17-22/h7-14,17,25,34,36H,5-6,15-16,18,20-21H2,1-4H3/t25-/m1/s1. The van der Waals surface area contributed by atoms with E-state index >= 15 is 0 Å². The molecule has 1 amide bonds. The summed E-state index contributed by atoms with van der Waals surface area (Å²) >= 11 is 6.48. The van der Waals surface area contributed by atoms with Crippen molar-refractivity contribution in [2.75, 3.05) is 26.2 Å². The number of nitrogens with zero attached hydrogens (tertiary/aromatic N) is 2. The fourth-order valence-corrected chi connectivity index (χ4v) is 4.81. The number of aliphatic hydroxyl groups is 1. The molecule has 2 N–H and O–H groups in total. The van der Waals surface area contributed by atoms with Crippen LogP contribution in [0.15, 0.2) is 54.6 Å². The van der Waals surface area contributed by atoms with Crippen LogP contribution in [0.5, 0.6) is 5.75 Å². The zero-order valence-corrected chi connectivity index (χ0v) is 23.5. The van der Waals surface area contributed by atoms with Crippen LogP contribution in [0.2, 0.25) is 5.02 Å². The van der Waals surface area contributed by atoms with E-state index in [1.165, 1.54) is 16.3 Å². The van der Waals surface area contributed by atoms with Gasteiger partial charge in [0, 0.05) is 25.2 Å². The molecule has 1 atom stereocenters. The average Bonchev–Trinajstić information content (AvgIpc) is 2.90. The molecule has 38 heavy (non-hydrogen) atoms. The molecule has 0 spiro atoms. The number of β-amino-alcohol motifs (C(OH)–C–C–N with tert-alkyl or cyclic N) is 1. The van der Waals surface area contributed by atoms with Gasteiger partial charge in [0.05, 0.1) is 10.6 Å². The lowest BCUT2D eigenvalue weighted by molar-refractivity contribution is 0.0755. The molecule has 3 aromatic carbocycles. The fourth-order valence-electron chi connectivity index (χ4n) is 4.53. The molecule has 0 aliphatic rings. The molecule has 0 fully saturated rings. The third-order valence-corrected chi connectivity index (χ3v) is 6.82. The molecule has 3 aromatic rings. The van der Waals surface area contributed by atoms with Gasteiger partial charge in [0.2, 0.25) is 0 Å². The molecular weight excluding hydrogens is 498 g/mol. The highest BCUT2D eigenvalue weighted by atomic mass is 35.5.